The van der Waals surface area contributed by atoms with Gasteiger partial charge in [-0.1, -0.05) is 31.2 Å². The van der Waals surface area contributed by atoms with E-state index in [1.807, 2.05) is 76.1 Å². The molecular formula is C54H70N14O4. The van der Waals surface area contributed by atoms with E-state index in [9.17, 15) is 9.59 Å². The number of amides is 2. The minimum atomic E-state index is 0.175. The molecule has 2 saturated heterocycles. The first-order valence-corrected chi connectivity index (χ1v) is 25.6. The Balaban J connectivity index is 0.000000178. The van der Waals surface area contributed by atoms with Crippen LogP contribution in [0.15, 0.2) is 85.7 Å². The molecule has 72 heavy (non-hydrogen) atoms. The van der Waals surface area contributed by atoms with Crippen LogP contribution in [0.1, 0.15) is 94.4 Å². The highest BCUT2D eigenvalue weighted by atomic mass is 16.5. The monoisotopic (exact) mass is 979 g/mol. The van der Waals surface area contributed by atoms with E-state index in [0.29, 0.717) is 50.9 Å². The zero-order chi connectivity index (χ0) is 50.3. The Bertz CT molecular complexity index is 2800. The molecule has 2 unspecified atom stereocenters. The molecule has 3 N–H and O–H groups in total. The van der Waals surface area contributed by atoms with Crippen molar-refractivity contribution in [3.8, 4) is 22.5 Å². The van der Waals surface area contributed by atoms with Crippen molar-refractivity contribution in [2.45, 2.75) is 110 Å². The third-order valence-electron chi connectivity index (χ3n) is 13.8. The van der Waals surface area contributed by atoms with E-state index in [4.69, 9.17) is 19.4 Å². The third-order valence-corrected chi connectivity index (χ3v) is 13.8. The fourth-order valence-corrected chi connectivity index (χ4v) is 10.1. The Hall–Kier alpha value is -6.60. The van der Waals surface area contributed by atoms with Crippen LogP contribution in [0, 0.1) is 0 Å². The van der Waals surface area contributed by atoms with Crippen LogP contribution in [0.25, 0.3) is 22.5 Å². The predicted molar refractivity (Wildman–Crippen MR) is 278 cm³/mol. The molecule has 0 saturated carbocycles. The molecule has 18 heteroatoms. The van der Waals surface area contributed by atoms with Gasteiger partial charge in [-0.2, -0.15) is 10.2 Å². The fraction of sp³-hybridized carbons (Fsp3) is 0.481. The van der Waals surface area contributed by atoms with Gasteiger partial charge in [-0.05, 0) is 119 Å². The van der Waals surface area contributed by atoms with E-state index in [2.05, 4.69) is 84.3 Å². The van der Waals surface area contributed by atoms with E-state index in [0.717, 1.165) is 79.5 Å². The molecule has 8 heterocycles. The second kappa shape index (κ2) is 22.9. The van der Waals surface area contributed by atoms with Gasteiger partial charge in [-0.15, -0.1) is 0 Å². The van der Waals surface area contributed by atoms with Crippen molar-refractivity contribution in [3.63, 3.8) is 0 Å². The lowest BCUT2D eigenvalue weighted by atomic mass is 9.88. The first-order chi connectivity index (χ1) is 34.8. The first-order valence-electron chi connectivity index (χ1n) is 25.6. The molecule has 10 rings (SSSR count). The Morgan fingerprint density at radius 3 is 1.68 bits per heavy atom. The van der Waals surface area contributed by atoms with Crippen LogP contribution in [0.3, 0.4) is 0 Å². The standard InChI is InChI=1S/C28H37N7O2.C26H33N7O2/c1-5-34-11-9-20(13-27(36)35-17-24(18-35)37-19(2)3)25-7-6-21(12-22(25)15-34)26-8-10-29-28(32-26)31-23-14-30-33(4)16-23;1-17(2)35-22-15-33(16-22)25(34)11-18-6-8-27-12-20-10-19(4-5-23(18)20)24-7-9-28-26(31-24)30-21-13-29-32(3)14-21/h6-8,10,12,14,16,19-20,24H,5,9,11,13,15,17-18H2,1-4H3,(H,29,31,32);4-5,7,9-10,13-14,17-18,22,27H,6,8,11-12,15-16H2,1-3H3,(H,28,30,31). The number of ether oxygens (including phenoxy) is 2. The molecule has 6 aromatic rings. The van der Waals surface area contributed by atoms with Crippen LogP contribution in [0.4, 0.5) is 23.3 Å². The lowest BCUT2D eigenvalue weighted by Gasteiger charge is -2.40. The molecule has 4 aliphatic heterocycles. The zero-order valence-corrected chi connectivity index (χ0v) is 42.8. The smallest absolute Gasteiger partial charge is 0.227 e. The first kappa shape index (κ1) is 50.3. The number of nitrogens with one attached hydrogen (secondary N) is 3. The highest BCUT2D eigenvalue weighted by molar-refractivity contribution is 5.79. The molecule has 380 valence electrons. The van der Waals surface area contributed by atoms with E-state index in [1.165, 1.54) is 22.3 Å². The number of likely N-dealkylation sites (tertiary alicyclic amines) is 2. The molecule has 0 bridgehead atoms. The molecule has 2 aromatic carbocycles. The molecule has 2 fully saturated rings. The average Bonchev–Trinajstić information content (AvgIpc) is 3.83. The molecule has 4 aromatic heterocycles. The van der Waals surface area contributed by atoms with Gasteiger partial charge < -0.3 is 35.2 Å². The van der Waals surface area contributed by atoms with E-state index < -0.39 is 0 Å². The summed E-state index contributed by atoms with van der Waals surface area (Å²) in [7, 11) is 3.74. The van der Waals surface area contributed by atoms with E-state index >= 15 is 0 Å². The topological polar surface area (TPSA) is 186 Å². The zero-order valence-electron chi connectivity index (χ0n) is 42.8. The quantitative estimate of drug-likeness (QED) is 0.0940. The molecule has 0 spiro atoms. The molecule has 0 aliphatic carbocycles. The van der Waals surface area contributed by atoms with Gasteiger partial charge >= 0.3 is 0 Å². The highest BCUT2D eigenvalue weighted by Crippen LogP contribution is 2.36. The van der Waals surface area contributed by atoms with Crippen LogP contribution in [-0.4, -0.2) is 136 Å². The summed E-state index contributed by atoms with van der Waals surface area (Å²) in [4.78, 5) is 50.6. The number of rotatable bonds is 15. The van der Waals surface area contributed by atoms with Crippen molar-refractivity contribution in [3.05, 3.63) is 108 Å². The summed E-state index contributed by atoms with van der Waals surface area (Å²) in [5, 5.41) is 18.3. The maximum absolute atomic E-state index is 13.1. The molecule has 4 aliphatic rings. The Morgan fingerprint density at radius 2 is 1.19 bits per heavy atom. The van der Waals surface area contributed by atoms with Crippen LogP contribution in [0.5, 0.6) is 0 Å². The van der Waals surface area contributed by atoms with Gasteiger partial charge in [-0.25, -0.2) is 19.9 Å². The van der Waals surface area contributed by atoms with Crippen molar-refractivity contribution in [1.29, 1.82) is 0 Å². The summed E-state index contributed by atoms with van der Waals surface area (Å²) in [5.74, 6) is 1.94. The number of aryl methyl sites for hydroxylation is 2. The van der Waals surface area contributed by atoms with Crippen LogP contribution in [-0.2, 0) is 46.2 Å². The van der Waals surface area contributed by atoms with Crippen LogP contribution < -0.4 is 16.0 Å². The number of hydrogen-bond acceptors (Lipinski definition) is 14. The van der Waals surface area contributed by atoms with Crippen molar-refractivity contribution < 1.29 is 19.1 Å². The molecule has 2 atom stereocenters. The van der Waals surface area contributed by atoms with Gasteiger partial charge in [0.05, 0.1) is 59.6 Å². The lowest BCUT2D eigenvalue weighted by Crippen LogP contribution is -2.55. The van der Waals surface area contributed by atoms with Gasteiger partial charge in [-0.3, -0.25) is 23.9 Å². The van der Waals surface area contributed by atoms with Gasteiger partial charge in [0, 0.05) is 102 Å². The Morgan fingerprint density at radius 1 is 0.694 bits per heavy atom. The van der Waals surface area contributed by atoms with Crippen LogP contribution >= 0.6 is 0 Å². The van der Waals surface area contributed by atoms with Crippen molar-refractivity contribution in [2.75, 3.05) is 56.4 Å². The summed E-state index contributed by atoms with van der Waals surface area (Å²) >= 11 is 0. The summed E-state index contributed by atoms with van der Waals surface area (Å²) in [5.41, 5.74) is 10.5. The van der Waals surface area contributed by atoms with Crippen molar-refractivity contribution in [2.24, 2.45) is 14.1 Å². The molecule has 18 nitrogen and oxygen atoms in total. The number of nitrogens with zero attached hydrogens (tertiary/aromatic N) is 11. The number of anilines is 4. The average molecular weight is 979 g/mol. The van der Waals surface area contributed by atoms with E-state index in [1.54, 1.807) is 34.2 Å². The fourth-order valence-electron chi connectivity index (χ4n) is 10.1. The maximum Gasteiger partial charge on any atom is 0.227 e. The number of hydrogen-bond donors (Lipinski definition) is 3. The summed E-state index contributed by atoms with van der Waals surface area (Å²) in [6.07, 6.45) is 14.5. The number of benzene rings is 2. The minimum absolute atomic E-state index is 0.175. The second-order valence-electron chi connectivity index (χ2n) is 20.0. The number of aromatic nitrogens is 8. The summed E-state index contributed by atoms with van der Waals surface area (Å²) in [6.45, 7) is 17.7. The SMILES string of the molecule is CC(C)OC1CN(C(=O)CC2CCNCc3cc(-c4ccnc(Nc5cnn(C)c5)n4)ccc32)C1.CCN1CCC(CC(=O)N2CC(OC(C)C)C2)c2ccc(-c3ccnc(Nc4cnn(C)c4)n3)cc2C1. The third kappa shape index (κ3) is 12.7. The van der Waals surface area contributed by atoms with Gasteiger partial charge in [0.2, 0.25) is 23.7 Å². The maximum atomic E-state index is 13.1. The number of carbonyl (C=O) groups excluding carboxylic acids is 2. The van der Waals surface area contributed by atoms with Crippen molar-refractivity contribution >= 4 is 35.1 Å². The predicted octanol–water partition coefficient (Wildman–Crippen LogP) is 7.18. The van der Waals surface area contributed by atoms with E-state index in [-0.39, 0.29) is 48.1 Å². The van der Waals surface area contributed by atoms with Gasteiger partial charge in [0.15, 0.2) is 0 Å². The second-order valence-corrected chi connectivity index (χ2v) is 20.0. The number of carbonyl (C=O) groups is 2. The minimum Gasteiger partial charge on any atom is -0.372 e. The molecule has 2 amide bonds. The highest BCUT2D eigenvalue weighted by Gasteiger charge is 2.35. The lowest BCUT2D eigenvalue weighted by molar-refractivity contribution is -0.149. The molecular weight excluding hydrogens is 909 g/mol. The Kier molecular flexibility index (Phi) is 16.0. The number of fused-ring (bicyclic) bond motifs is 2. The van der Waals surface area contributed by atoms with Gasteiger partial charge in [0.1, 0.15) is 0 Å². The van der Waals surface area contributed by atoms with Gasteiger partial charge in [0.25, 0.3) is 0 Å². The molecule has 0 radical (unpaired) electrons. The summed E-state index contributed by atoms with van der Waals surface area (Å²) in [6, 6.07) is 16.9. The largest absolute Gasteiger partial charge is 0.372 e. The normalized spacial score (nSPS) is 18.3. The summed E-state index contributed by atoms with van der Waals surface area (Å²) < 4.78 is 15.1. The Labute approximate surface area is 422 Å². The van der Waals surface area contributed by atoms with Crippen LogP contribution in [0.2, 0.25) is 0 Å². The van der Waals surface area contributed by atoms with Crippen molar-refractivity contribution in [1.82, 2.24) is 59.5 Å².